The fourth-order valence-electron chi connectivity index (χ4n) is 2.19. The zero-order chi connectivity index (χ0) is 18.7. The maximum Gasteiger partial charge on any atom is 0.237 e. The molecule has 2 heterocycles. The summed E-state index contributed by atoms with van der Waals surface area (Å²) >= 11 is 7.97. The molecule has 0 radical (unpaired) electrons. The molecule has 26 heavy (non-hydrogen) atoms. The number of carbonyl (C=O) groups is 1. The first-order chi connectivity index (χ1) is 12.5. The number of aromatic nitrogens is 2. The van der Waals surface area contributed by atoms with E-state index >= 15 is 0 Å². The number of rotatable bonds is 5. The second kappa shape index (κ2) is 7.86. The van der Waals surface area contributed by atoms with E-state index in [0.717, 1.165) is 11.3 Å². The lowest BCUT2D eigenvalue weighted by Crippen LogP contribution is -2.14. The van der Waals surface area contributed by atoms with Gasteiger partial charge in [0.05, 0.1) is 11.4 Å². The van der Waals surface area contributed by atoms with Crippen LogP contribution in [-0.2, 0) is 4.79 Å². The van der Waals surface area contributed by atoms with Gasteiger partial charge in [0.15, 0.2) is 8.29 Å². The van der Waals surface area contributed by atoms with Crippen molar-refractivity contribution in [1.29, 1.82) is 5.26 Å². The molecule has 0 aliphatic carbocycles. The van der Waals surface area contributed by atoms with Gasteiger partial charge in [0.25, 0.3) is 0 Å². The van der Waals surface area contributed by atoms with Crippen LogP contribution in [0, 0.1) is 29.1 Å². The van der Waals surface area contributed by atoms with Gasteiger partial charge in [0, 0.05) is 5.56 Å². The van der Waals surface area contributed by atoms with Crippen LogP contribution in [0.25, 0.3) is 5.69 Å². The third-order valence-corrected chi connectivity index (χ3v) is 5.97. The summed E-state index contributed by atoms with van der Waals surface area (Å²) in [5.74, 6) is 0.674. The van der Waals surface area contributed by atoms with Crippen LogP contribution in [-0.4, -0.2) is 21.4 Å². The van der Waals surface area contributed by atoms with E-state index in [1.54, 1.807) is 18.5 Å². The van der Waals surface area contributed by atoms with E-state index in [1.165, 1.54) is 23.1 Å². The van der Waals surface area contributed by atoms with E-state index in [4.69, 9.17) is 16.6 Å². The number of benzene rings is 1. The van der Waals surface area contributed by atoms with Crippen molar-refractivity contribution in [2.45, 2.75) is 18.2 Å². The lowest BCUT2D eigenvalue weighted by atomic mass is 10.2. The van der Waals surface area contributed by atoms with Crippen molar-refractivity contribution in [3.63, 3.8) is 0 Å². The number of aryl methyl sites for hydroxylation is 1. The lowest BCUT2D eigenvalue weighted by molar-refractivity contribution is -0.113. The Balaban J connectivity index is 1.67. The SMILES string of the molecule is Cc1oc(NC(=O)CSc2nn(-c3ccccc3)c(=S)s2)c(C#N)c1C. The Labute approximate surface area is 163 Å². The van der Waals surface area contributed by atoms with Gasteiger partial charge in [-0.15, -0.1) is 5.10 Å². The summed E-state index contributed by atoms with van der Waals surface area (Å²) in [6.45, 7) is 3.54. The molecule has 9 heteroatoms. The van der Waals surface area contributed by atoms with E-state index in [1.807, 2.05) is 30.3 Å². The lowest BCUT2D eigenvalue weighted by Gasteiger charge is -2.01. The highest BCUT2D eigenvalue weighted by Crippen LogP contribution is 2.27. The van der Waals surface area contributed by atoms with E-state index in [2.05, 4.69) is 16.5 Å². The van der Waals surface area contributed by atoms with Crippen molar-refractivity contribution in [3.8, 4) is 11.8 Å². The normalized spacial score (nSPS) is 10.5. The molecule has 0 bridgehead atoms. The highest BCUT2D eigenvalue weighted by atomic mass is 32.2. The number of thioether (sulfide) groups is 1. The first-order valence-electron chi connectivity index (χ1n) is 7.58. The minimum Gasteiger partial charge on any atom is -0.444 e. The fourth-order valence-corrected chi connectivity index (χ4v) is 4.35. The van der Waals surface area contributed by atoms with Gasteiger partial charge >= 0.3 is 0 Å². The summed E-state index contributed by atoms with van der Waals surface area (Å²) in [4.78, 5) is 12.2. The molecular formula is C17H14N4O2S3. The van der Waals surface area contributed by atoms with Crippen LogP contribution in [0.5, 0.6) is 0 Å². The van der Waals surface area contributed by atoms with Gasteiger partial charge < -0.3 is 4.42 Å². The smallest absolute Gasteiger partial charge is 0.237 e. The average Bonchev–Trinajstić information content (AvgIpc) is 3.13. The molecule has 2 aromatic heterocycles. The molecule has 1 N–H and O–H groups in total. The second-order valence-corrected chi connectivity index (χ2v) is 8.16. The van der Waals surface area contributed by atoms with Gasteiger partial charge in [-0.25, -0.2) is 4.68 Å². The van der Waals surface area contributed by atoms with Crippen LogP contribution in [0.4, 0.5) is 5.88 Å². The van der Waals surface area contributed by atoms with Crippen LogP contribution in [0.1, 0.15) is 16.9 Å². The summed E-state index contributed by atoms with van der Waals surface area (Å²) in [5, 5.41) is 16.3. The van der Waals surface area contributed by atoms with Crippen molar-refractivity contribution >= 4 is 47.1 Å². The maximum atomic E-state index is 12.2. The molecule has 0 aliphatic rings. The summed E-state index contributed by atoms with van der Waals surface area (Å²) in [6, 6.07) is 11.6. The van der Waals surface area contributed by atoms with Crippen LogP contribution in [0.15, 0.2) is 39.1 Å². The predicted octanol–water partition coefficient (Wildman–Crippen LogP) is 4.48. The monoisotopic (exact) mass is 402 g/mol. The van der Waals surface area contributed by atoms with E-state index in [9.17, 15) is 10.1 Å². The van der Waals surface area contributed by atoms with Crippen LogP contribution in [0.2, 0.25) is 0 Å². The van der Waals surface area contributed by atoms with Crippen LogP contribution >= 0.6 is 35.3 Å². The minimum atomic E-state index is -0.271. The number of furan rings is 1. The Morgan fingerprint density at radius 3 is 2.85 bits per heavy atom. The predicted molar refractivity (Wildman–Crippen MR) is 105 cm³/mol. The van der Waals surface area contributed by atoms with Crippen molar-refractivity contribution < 1.29 is 9.21 Å². The Morgan fingerprint density at radius 1 is 1.42 bits per heavy atom. The highest BCUT2D eigenvalue weighted by molar-refractivity contribution is 8.01. The van der Waals surface area contributed by atoms with Gasteiger partial charge in [-0.2, -0.15) is 5.26 Å². The quantitative estimate of drug-likeness (QED) is 0.500. The molecular weight excluding hydrogens is 388 g/mol. The number of nitriles is 1. The standard InChI is InChI=1S/C17H14N4O2S3/c1-10-11(2)23-15(13(10)8-18)19-14(22)9-25-16-20-21(17(24)26-16)12-6-4-3-5-7-12/h3-7H,9H2,1-2H3,(H,19,22). The average molecular weight is 403 g/mol. The molecule has 0 unspecified atom stereocenters. The number of hydrogen-bond acceptors (Lipinski definition) is 7. The summed E-state index contributed by atoms with van der Waals surface area (Å²) in [7, 11) is 0. The number of nitrogens with zero attached hydrogens (tertiary/aromatic N) is 3. The second-order valence-electron chi connectivity index (χ2n) is 5.32. The molecule has 0 saturated carbocycles. The fraction of sp³-hybridized carbons (Fsp3) is 0.176. The number of hydrogen-bond donors (Lipinski definition) is 1. The van der Waals surface area contributed by atoms with E-state index in [0.29, 0.717) is 19.6 Å². The molecule has 0 fully saturated rings. The molecule has 132 valence electrons. The molecule has 3 aromatic rings. The highest BCUT2D eigenvalue weighted by Gasteiger charge is 2.17. The first-order valence-corrected chi connectivity index (χ1v) is 9.79. The first kappa shape index (κ1) is 18.4. The molecule has 6 nitrogen and oxygen atoms in total. The summed E-state index contributed by atoms with van der Waals surface area (Å²) in [5.41, 5.74) is 1.96. The van der Waals surface area contributed by atoms with Crippen molar-refractivity contribution in [2.75, 3.05) is 11.1 Å². The van der Waals surface area contributed by atoms with E-state index < -0.39 is 0 Å². The minimum absolute atomic E-state index is 0.140. The zero-order valence-corrected chi connectivity index (χ0v) is 16.4. The van der Waals surface area contributed by atoms with Crippen LogP contribution < -0.4 is 5.32 Å². The number of nitrogens with one attached hydrogen (secondary N) is 1. The Hall–Kier alpha value is -2.41. The van der Waals surface area contributed by atoms with Crippen molar-refractivity contribution in [3.05, 3.63) is 51.2 Å². The zero-order valence-electron chi connectivity index (χ0n) is 14.0. The number of amides is 1. The Bertz CT molecular complexity index is 1040. The van der Waals surface area contributed by atoms with Gasteiger partial charge in [0.2, 0.25) is 11.8 Å². The number of carbonyl (C=O) groups excluding carboxylic acids is 1. The van der Waals surface area contributed by atoms with Gasteiger partial charge in [-0.1, -0.05) is 41.3 Å². The van der Waals surface area contributed by atoms with E-state index in [-0.39, 0.29) is 17.5 Å². The molecule has 3 rings (SSSR count). The molecule has 0 atom stereocenters. The van der Waals surface area contributed by atoms with Crippen molar-refractivity contribution in [2.24, 2.45) is 0 Å². The van der Waals surface area contributed by atoms with Crippen molar-refractivity contribution in [1.82, 2.24) is 9.78 Å². The van der Waals surface area contributed by atoms with Gasteiger partial charge in [-0.05, 0) is 38.2 Å². The van der Waals surface area contributed by atoms with Crippen LogP contribution in [0.3, 0.4) is 0 Å². The molecule has 0 saturated heterocycles. The van der Waals surface area contributed by atoms with Gasteiger partial charge in [-0.3, -0.25) is 10.1 Å². The molecule has 1 aromatic carbocycles. The summed E-state index contributed by atoms with van der Waals surface area (Å²) < 4.78 is 8.43. The Morgan fingerprint density at radius 2 is 2.15 bits per heavy atom. The molecule has 0 aliphatic heterocycles. The third kappa shape index (κ3) is 3.88. The maximum absolute atomic E-state index is 12.2. The number of para-hydroxylation sites is 1. The molecule has 0 spiro atoms. The largest absolute Gasteiger partial charge is 0.444 e. The molecule has 1 amide bonds. The number of anilines is 1. The summed E-state index contributed by atoms with van der Waals surface area (Å²) in [6.07, 6.45) is 0. The topological polar surface area (TPSA) is 83.8 Å². The third-order valence-electron chi connectivity index (χ3n) is 3.61. The van der Waals surface area contributed by atoms with Gasteiger partial charge in [0.1, 0.15) is 17.4 Å². The Kier molecular flexibility index (Phi) is 5.56.